The summed E-state index contributed by atoms with van der Waals surface area (Å²) in [4.78, 5) is 5.55. The fourth-order valence-electron chi connectivity index (χ4n) is 2.10. The summed E-state index contributed by atoms with van der Waals surface area (Å²) in [5.41, 5.74) is 0.331. The van der Waals surface area contributed by atoms with Crippen molar-refractivity contribution in [3.63, 3.8) is 0 Å². The molecule has 1 saturated heterocycles. The lowest BCUT2D eigenvalue weighted by atomic mass is 10.1. The fraction of sp³-hybridized carbons (Fsp3) is 0.545. The number of hydrogen-bond donors (Lipinski definition) is 1. The first-order chi connectivity index (χ1) is 8.59. The zero-order chi connectivity index (χ0) is 13.1. The molecule has 1 aliphatic heterocycles. The molecule has 1 N–H and O–H groups in total. The Morgan fingerprint density at radius 1 is 1.22 bits per heavy atom. The predicted molar refractivity (Wildman–Crippen MR) is 67.4 cm³/mol. The van der Waals surface area contributed by atoms with Crippen molar-refractivity contribution >= 4 is 23.2 Å². The second kappa shape index (κ2) is 6.10. The van der Waals surface area contributed by atoms with Crippen LogP contribution in [-0.2, 0) is 0 Å². The molecule has 1 aromatic heterocycles. The van der Waals surface area contributed by atoms with Crippen molar-refractivity contribution in [2.75, 3.05) is 26.2 Å². The molecule has 1 aliphatic rings. The summed E-state index contributed by atoms with van der Waals surface area (Å²) in [6, 6.07) is 1.99. The highest BCUT2D eigenvalue weighted by Gasteiger charge is 2.32. The molecular formula is C11H13Cl2F2N3. The van der Waals surface area contributed by atoms with Crippen LogP contribution < -0.4 is 5.32 Å². The van der Waals surface area contributed by atoms with Crippen LogP contribution in [0.5, 0.6) is 0 Å². The van der Waals surface area contributed by atoms with Crippen LogP contribution in [0.25, 0.3) is 0 Å². The second-order valence-corrected chi connectivity index (χ2v) is 4.82. The molecule has 2 rings (SSSR count). The van der Waals surface area contributed by atoms with E-state index in [-0.39, 0.29) is 10.3 Å². The minimum Gasteiger partial charge on any atom is -0.314 e. The monoisotopic (exact) mass is 295 g/mol. The summed E-state index contributed by atoms with van der Waals surface area (Å²) in [7, 11) is 0. The first-order valence-corrected chi connectivity index (χ1v) is 6.40. The van der Waals surface area contributed by atoms with Gasteiger partial charge in [-0.25, -0.2) is 13.8 Å². The van der Waals surface area contributed by atoms with Gasteiger partial charge < -0.3 is 5.32 Å². The van der Waals surface area contributed by atoms with Gasteiger partial charge in [0.05, 0.1) is 6.04 Å². The summed E-state index contributed by atoms with van der Waals surface area (Å²) in [6.07, 6.45) is -2.51. The average molecular weight is 296 g/mol. The number of piperazine rings is 1. The van der Waals surface area contributed by atoms with Crippen LogP contribution in [-0.4, -0.2) is 42.5 Å². The van der Waals surface area contributed by atoms with Crippen molar-refractivity contribution in [2.24, 2.45) is 0 Å². The Hall–Kier alpha value is -0.490. The first-order valence-electron chi connectivity index (χ1n) is 5.64. The molecule has 0 unspecified atom stereocenters. The smallest absolute Gasteiger partial charge is 0.258 e. The van der Waals surface area contributed by atoms with E-state index in [1.807, 2.05) is 0 Å². The minimum absolute atomic E-state index is 0.0475. The molecule has 18 heavy (non-hydrogen) atoms. The maximum absolute atomic E-state index is 13.3. The third-order valence-electron chi connectivity index (χ3n) is 2.95. The van der Waals surface area contributed by atoms with Crippen LogP contribution in [0.2, 0.25) is 10.3 Å². The quantitative estimate of drug-likeness (QED) is 0.869. The zero-order valence-electron chi connectivity index (χ0n) is 9.54. The molecule has 0 radical (unpaired) electrons. The minimum atomic E-state index is -2.51. The molecule has 1 atom stereocenters. The third-order valence-corrected chi connectivity index (χ3v) is 3.46. The predicted octanol–water partition coefficient (Wildman–Crippen LogP) is 2.60. The van der Waals surface area contributed by atoms with Crippen molar-refractivity contribution in [3.8, 4) is 0 Å². The Labute approximate surface area is 114 Å². The van der Waals surface area contributed by atoms with E-state index in [1.165, 1.54) is 12.1 Å². The molecule has 7 heteroatoms. The van der Waals surface area contributed by atoms with Crippen molar-refractivity contribution in [1.82, 2.24) is 15.2 Å². The summed E-state index contributed by atoms with van der Waals surface area (Å²) >= 11 is 11.6. The number of alkyl halides is 2. The summed E-state index contributed by atoms with van der Waals surface area (Å²) in [5.74, 6) is 0. The molecule has 0 bridgehead atoms. The van der Waals surface area contributed by atoms with Gasteiger partial charge in [-0.3, -0.25) is 4.90 Å². The van der Waals surface area contributed by atoms with E-state index in [0.717, 1.165) is 0 Å². The topological polar surface area (TPSA) is 28.2 Å². The highest BCUT2D eigenvalue weighted by Crippen LogP contribution is 2.32. The number of rotatable bonds is 3. The van der Waals surface area contributed by atoms with Crippen LogP contribution in [0.1, 0.15) is 11.6 Å². The third kappa shape index (κ3) is 3.09. The Bertz CT molecular complexity index is 411. The van der Waals surface area contributed by atoms with Crippen LogP contribution in [0, 0.1) is 0 Å². The maximum atomic E-state index is 13.3. The van der Waals surface area contributed by atoms with Gasteiger partial charge in [0.2, 0.25) is 0 Å². The lowest BCUT2D eigenvalue weighted by molar-refractivity contribution is 0.0180. The van der Waals surface area contributed by atoms with Gasteiger partial charge in [-0.1, -0.05) is 29.3 Å². The highest BCUT2D eigenvalue weighted by atomic mass is 35.5. The van der Waals surface area contributed by atoms with Crippen molar-refractivity contribution in [1.29, 1.82) is 0 Å². The number of aromatic nitrogens is 1. The van der Waals surface area contributed by atoms with Gasteiger partial charge in [-0.2, -0.15) is 0 Å². The molecule has 2 heterocycles. The lowest BCUT2D eigenvalue weighted by Crippen LogP contribution is -2.47. The molecular weight excluding hydrogens is 283 g/mol. The highest BCUT2D eigenvalue weighted by molar-refractivity contribution is 6.32. The molecule has 3 nitrogen and oxygen atoms in total. The van der Waals surface area contributed by atoms with Gasteiger partial charge in [0, 0.05) is 31.7 Å². The normalized spacial score (nSPS) is 19.2. The van der Waals surface area contributed by atoms with E-state index < -0.39 is 12.5 Å². The van der Waals surface area contributed by atoms with E-state index in [4.69, 9.17) is 23.2 Å². The summed E-state index contributed by atoms with van der Waals surface area (Å²) in [6.45, 7) is 2.52. The molecule has 0 spiro atoms. The van der Waals surface area contributed by atoms with E-state index in [1.54, 1.807) is 4.90 Å². The molecule has 0 aromatic carbocycles. The summed E-state index contributed by atoms with van der Waals surface area (Å²) in [5, 5.41) is 3.38. The number of halogens is 4. The number of hydrogen-bond acceptors (Lipinski definition) is 3. The van der Waals surface area contributed by atoms with E-state index in [0.29, 0.717) is 31.7 Å². The standard InChI is InChI=1S/C11H13Cl2F2N3/c12-8-2-1-7(10(13)17-8)9(11(14)15)18-5-3-16-4-6-18/h1-2,9,11,16H,3-6H2/t9-/m1/s1. The van der Waals surface area contributed by atoms with Crippen molar-refractivity contribution < 1.29 is 8.78 Å². The number of nitrogens with one attached hydrogen (secondary N) is 1. The maximum Gasteiger partial charge on any atom is 0.258 e. The van der Waals surface area contributed by atoms with Crippen LogP contribution in [0.15, 0.2) is 12.1 Å². The van der Waals surface area contributed by atoms with Gasteiger partial charge in [0.1, 0.15) is 10.3 Å². The van der Waals surface area contributed by atoms with E-state index >= 15 is 0 Å². The Balaban J connectivity index is 2.28. The zero-order valence-corrected chi connectivity index (χ0v) is 11.1. The fourth-order valence-corrected chi connectivity index (χ4v) is 2.55. The number of pyridine rings is 1. The molecule has 100 valence electrons. The number of nitrogens with zero attached hydrogens (tertiary/aromatic N) is 2. The molecule has 0 aliphatic carbocycles. The van der Waals surface area contributed by atoms with Gasteiger partial charge >= 0.3 is 0 Å². The molecule has 0 amide bonds. The average Bonchev–Trinajstić information content (AvgIpc) is 2.33. The largest absolute Gasteiger partial charge is 0.314 e. The van der Waals surface area contributed by atoms with Gasteiger partial charge in [0.15, 0.2) is 0 Å². The first kappa shape index (κ1) is 13.9. The Morgan fingerprint density at radius 3 is 2.44 bits per heavy atom. The van der Waals surface area contributed by atoms with Crippen LogP contribution in [0.4, 0.5) is 8.78 Å². The van der Waals surface area contributed by atoms with Crippen LogP contribution >= 0.6 is 23.2 Å². The summed E-state index contributed by atoms with van der Waals surface area (Å²) < 4.78 is 26.5. The van der Waals surface area contributed by atoms with Crippen LogP contribution in [0.3, 0.4) is 0 Å². The van der Waals surface area contributed by atoms with Gasteiger partial charge in [-0.15, -0.1) is 0 Å². The SMILES string of the molecule is FC(F)[C@@H](c1ccc(Cl)nc1Cl)N1CCNCC1. The van der Waals surface area contributed by atoms with Gasteiger partial charge in [0.25, 0.3) is 6.43 Å². The lowest BCUT2D eigenvalue weighted by Gasteiger charge is -2.34. The molecule has 0 saturated carbocycles. The van der Waals surface area contributed by atoms with Crippen molar-refractivity contribution in [2.45, 2.75) is 12.5 Å². The van der Waals surface area contributed by atoms with E-state index in [9.17, 15) is 8.78 Å². The Morgan fingerprint density at radius 2 is 1.89 bits per heavy atom. The second-order valence-electron chi connectivity index (χ2n) is 4.08. The molecule has 1 fully saturated rings. The van der Waals surface area contributed by atoms with Gasteiger partial charge in [-0.05, 0) is 6.07 Å². The Kier molecular flexibility index (Phi) is 4.72. The molecule has 1 aromatic rings. The van der Waals surface area contributed by atoms with E-state index in [2.05, 4.69) is 10.3 Å². The van der Waals surface area contributed by atoms with Crippen molar-refractivity contribution in [3.05, 3.63) is 28.0 Å².